The number of esters is 2. The molecule has 0 heterocycles. The summed E-state index contributed by atoms with van der Waals surface area (Å²) in [5.74, 6) is -1.46. The standard InChI is InChI=1S/C24H22O3/c1-19(11-9-17-21-13-5-3-6-14-21)23(25)27-24(26)20(2)12-10-18-22-15-7-4-8-16-22/h3-10,13-18H,1-2,11-12H2. The van der Waals surface area contributed by atoms with Gasteiger partial charge < -0.3 is 4.74 Å². The summed E-state index contributed by atoms with van der Waals surface area (Å²) in [6.45, 7) is 7.36. The van der Waals surface area contributed by atoms with E-state index in [1.54, 1.807) is 12.2 Å². The second-order valence-corrected chi connectivity index (χ2v) is 5.92. The number of hydrogen-bond donors (Lipinski definition) is 0. The van der Waals surface area contributed by atoms with Gasteiger partial charge in [0.05, 0.1) is 0 Å². The van der Waals surface area contributed by atoms with Crippen molar-refractivity contribution >= 4 is 24.1 Å². The maximum Gasteiger partial charge on any atom is 0.341 e. The Kier molecular flexibility index (Phi) is 7.73. The Morgan fingerprint density at radius 3 is 1.44 bits per heavy atom. The molecule has 0 unspecified atom stereocenters. The van der Waals surface area contributed by atoms with Crippen molar-refractivity contribution in [1.82, 2.24) is 0 Å². The van der Waals surface area contributed by atoms with Crippen molar-refractivity contribution in [2.45, 2.75) is 12.8 Å². The average molecular weight is 358 g/mol. The summed E-state index contributed by atoms with van der Waals surface area (Å²) < 4.78 is 4.83. The lowest BCUT2D eigenvalue weighted by molar-refractivity contribution is -0.154. The van der Waals surface area contributed by atoms with Gasteiger partial charge in [-0.1, -0.05) is 98.1 Å². The highest BCUT2D eigenvalue weighted by molar-refractivity contribution is 6.01. The molecule has 3 nitrogen and oxygen atoms in total. The summed E-state index contributed by atoms with van der Waals surface area (Å²) in [5, 5.41) is 0. The van der Waals surface area contributed by atoms with Crippen molar-refractivity contribution in [3.63, 3.8) is 0 Å². The molecule has 0 saturated heterocycles. The quantitative estimate of drug-likeness (QED) is 0.362. The van der Waals surface area contributed by atoms with Gasteiger partial charge in [-0.3, -0.25) is 0 Å². The van der Waals surface area contributed by atoms with Crippen molar-refractivity contribution < 1.29 is 14.3 Å². The lowest BCUT2D eigenvalue weighted by Crippen LogP contribution is -2.15. The third kappa shape index (κ3) is 7.12. The van der Waals surface area contributed by atoms with E-state index in [0.717, 1.165) is 11.1 Å². The highest BCUT2D eigenvalue weighted by Crippen LogP contribution is 2.10. The van der Waals surface area contributed by atoms with Gasteiger partial charge in [-0.25, -0.2) is 9.59 Å². The van der Waals surface area contributed by atoms with Crippen LogP contribution in [-0.4, -0.2) is 11.9 Å². The number of carbonyl (C=O) groups excluding carboxylic acids is 2. The fourth-order valence-corrected chi connectivity index (χ4v) is 2.20. The predicted molar refractivity (Wildman–Crippen MR) is 110 cm³/mol. The van der Waals surface area contributed by atoms with E-state index in [9.17, 15) is 9.59 Å². The molecule has 0 atom stereocenters. The van der Waals surface area contributed by atoms with Crippen LogP contribution in [0.1, 0.15) is 24.0 Å². The van der Waals surface area contributed by atoms with Gasteiger partial charge in [-0.15, -0.1) is 0 Å². The normalized spacial score (nSPS) is 10.8. The van der Waals surface area contributed by atoms with Crippen LogP contribution in [0.4, 0.5) is 0 Å². The number of benzene rings is 2. The third-order valence-corrected chi connectivity index (χ3v) is 3.71. The van der Waals surface area contributed by atoms with Crippen LogP contribution in [0.15, 0.2) is 97.1 Å². The highest BCUT2D eigenvalue weighted by atomic mass is 16.6. The summed E-state index contributed by atoms with van der Waals surface area (Å²) in [5.41, 5.74) is 2.47. The second-order valence-electron chi connectivity index (χ2n) is 5.92. The van der Waals surface area contributed by atoms with Crippen molar-refractivity contribution in [2.24, 2.45) is 0 Å². The molecule has 0 radical (unpaired) electrons. The molecule has 0 bridgehead atoms. The van der Waals surface area contributed by atoms with E-state index in [0.29, 0.717) is 12.8 Å². The third-order valence-electron chi connectivity index (χ3n) is 3.71. The van der Waals surface area contributed by atoms with Crippen LogP contribution in [0.3, 0.4) is 0 Å². The first kappa shape index (κ1) is 19.9. The topological polar surface area (TPSA) is 43.4 Å². The van der Waals surface area contributed by atoms with Crippen LogP contribution in [0.5, 0.6) is 0 Å². The molecule has 0 aromatic heterocycles. The number of carbonyl (C=O) groups is 2. The molecule has 0 fully saturated rings. The molecule has 2 aromatic carbocycles. The van der Waals surface area contributed by atoms with Gasteiger partial charge in [0.15, 0.2) is 0 Å². The lowest BCUT2D eigenvalue weighted by atomic mass is 10.1. The number of ether oxygens (including phenoxy) is 1. The zero-order chi connectivity index (χ0) is 19.5. The fourth-order valence-electron chi connectivity index (χ4n) is 2.20. The number of allylic oxidation sites excluding steroid dienone is 2. The summed E-state index contributed by atoms with van der Waals surface area (Å²) >= 11 is 0. The van der Waals surface area contributed by atoms with Crippen molar-refractivity contribution in [2.75, 3.05) is 0 Å². The van der Waals surface area contributed by atoms with Crippen LogP contribution >= 0.6 is 0 Å². The first-order valence-corrected chi connectivity index (χ1v) is 8.61. The van der Waals surface area contributed by atoms with E-state index >= 15 is 0 Å². The van der Waals surface area contributed by atoms with Crippen molar-refractivity contribution in [3.8, 4) is 0 Å². The van der Waals surface area contributed by atoms with Crippen molar-refractivity contribution in [3.05, 3.63) is 108 Å². The Morgan fingerprint density at radius 1 is 0.704 bits per heavy atom. The monoisotopic (exact) mass is 358 g/mol. The summed E-state index contributed by atoms with van der Waals surface area (Å²) in [6.07, 6.45) is 7.99. The van der Waals surface area contributed by atoms with Gasteiger partial charge in [0.25, 0.3) is 0 Å². The van der Waals surface area contributed by atoms with Gasteiger partial charge >= 0.3 is 11.9 Å². The van der Waals surface area contributed by atoms with E-state index in [4.69, 9.17) is 4.74 Å². The summed E-state index contributed by atoms with van der Waals surface area (Å²) in [7, 11) is 0. The molecular weight excluding hydrogens is 336 g/mol. The van der Waals surface area contributed by atoms with Crippen LogP contribution in [0.25, 0.3) is 12.2 Å². The van der Waals surface area contributed by atoms with Crippen LogP contribution in [0.2, 0.25) is 0 Å². The molecule has 0 spiro atoms. The van der Waals surface area contributed by atoms with E-state index in [-0.39, 0.29) is 11.1 Å². The Hall–Kier alpha value is -3.46. The van der Waals surface area contributed by atoms with Gasteiger partial charge in [-0.2, -0.15) is 0 Å². The zero-order valence-electron chi connectivity index (χ0n) is 15.1. The number of hydrogen-bond acceptors (Lipinski definition) is 3. The Balaban J connectivity index is 1.77. The molecule has 0 aliphatic rings. The number of rotatable bonds is 8. The minimum Gasteiger partial charge on any atom is -0.386 e. The molecule has 0 amide bonds. The van der Waals surface area contributed by atoms with E-state index in [1.807, 2.05) is 72.8 Å². The lowest BCUT2D eigenvalue weighted by Gasteiger charge is -2.05. The molecule has 0 N–H and O–H groups in total. The average Bonchev–Trinajstić information content (AvgIpc) is 2.69. The smallest absolute Gasteiger partial charge is 0.341 e. The molecule has 27 heavy (non-hydrogen) atoms. The maximum atomic E-state index is 12.0. The molecule has 0 saturated carbocycles. The Bertz CT molecular complexity index is 786. The van der Waals surface area contributed by atoms with E-state index in [2.05, 4.69) is 13.2 Å². The first-order valence-electron chi connectivity index (χ1n) is 8.61. The molecule has 0 aliphatic carbocycles. The maximum absolute atomic E-state index is 12.0. The first-order chi connectivity index (χ1) is 13.1. The van der Waals surface area contributed by atoms with Gasteiger partial charge in [0, 0.05) is 11.1 Å². The largest absolute Gasteiger partial charge is 0.386 e. The molecule has 2 rings (SSSR count). The van der Waals surface area contributed by atoms with Gasteiger partial charge in [0.1, 0.15) is 0 Å². The molecule has 3 heteroatoms. The fraction of sp³-hybridized carbons (Fsp3) is 0.0833. The molecule has 136 valence electrons. The zero-order valence-corrected chi connectivity index (χ0v) is 15.1. The minimum absolute atomic E-state index is 0.211. The Morgan fingerprint density at radius 2 is 1.07 bits per heavy atom. The van der Waals surface area contributed by atoms with Crippen LogP contribution in [-0.2, 0) is 14.3 Å². The van der Waals surface area contributed by atoms with Gasteiger partial charge in [-0.05, 0) is 24.0 Å². The van der Waals surface area contributed by atoms with Crippen molar-refractivity contribution in [1.29, 1.82) is 0 Å². The summed E-state index contributed by atoms with van der Waals surface area (Å²) in [6, 6.07) is 19.4. The molecule has 2 aromatic rings. The van der Waals surface area contributed by atoms with E-state index < -0.39 is 11.9 Å². The summed E-state index contributed by atoms with van der Waals surface area (Å²) in [4.78, 5) is 23.9. The van der Waals surface area contributed by atoms with E-state index in [1.165, 1.54) is 0 Å². The highest BCUT2D eigenvalue weighted by Gasteiger charge is 2.15. The Labute approximate surface area is 160 Å². The molecular formula is C24H22O3. The second kappa shape index (κ2) is 10.5. The molecule has 0 aliphatic heterocycles. The van der Waals surface area contributed by atoms with Crippen LogP contribution in [0, 0.1) is 0 Å². The minimum atomic E-state index is -0.731. The van der Waals surface area contributed by atoms with Gasteiger partial charge in [0.2, 0.25) is 0 Å². The SMILES string of the molecule is C=C(CC=Cc1ccccc1)C(=O)OC(=O)C(=C)CC=Cc1ccccc1. The van der Waals surface area contributed by atoms with Crippen LogP contribution < -0.4 is 0 Å². The predicted octanol–water partition coefficient (Wildman–Crippen LogP) is 5.38.